The zero-order valence-electron chi connectivity index (χ0n) is 7.67. The van der Waals surface area contributed by atoms with E-state index in [1.165, 1.54) is 33.0 Å². The number of rotatable bonds is 1. The molecule has 0 spiro atoms. The lowest BCUT2D eigenvalue weighted by molar-refractivity contribution is 0.984. The zero-order valence-corrected chi connectivity index (χ0v) is 9.67. The summed E-state index contributed by atoms with van der Waals surface area (Å²) in [5, 5.41) is 0. The van der Waals surface area contributed by atoms with E-state index in [9.17, 15) is 0 Å². The van der Waals surface area contributed by atoms with Gasteiger partial charge in [0, 0.05) is 10.2 Å². The summed E-state index contributed by atoms with van der Waals surface area (Å²) in [5.74, 6) is 0.729. The van der Waals surface area contributed by atoms with Gasteiger partial charge in [-0.1, -0.05) is 42.0 Å². The molecular formula is C11H14Si. The van der Waals surface area contributed by atoms with Crippen LogP contribution in [0.1, 0.15) is 22.6 Å². The third-order valence-electron chi connectivity index (χ3n) is 2.59. The quantitative estimate of drug-likeness (QED) is 0.570. The van der Waals surface area contributed by atoms with Crippen molar-refractivity contribution in [3.05, 3.63) is 41.0 Å². The fraction of sp³-hybridized carbons (Fsp3) is 0.273. The molecule has 0 nitrogen and oxygen atoms in total. The first-order valence-corrected chi connectivity index (χ1v) is 6.01. The molecule has 0 N–H and O–H groups in total. The summed E-state index contributed by atoms with van der Waals surface area (Å²) in [6, 6.07) is 8.14. The summed E-state index contributed by atoms with van der Waals surface area (Å²) in [6.45, 7) is 2.15. The van der Waals surface area contributed by atoms with Crippen molar-refractivity contribution < 1.29 is 0 Å². The van der Waals surface area contributed by atoms with Gasteiger partial charge in [-0.3, -0.25) is 0 Å². The minimum Gasteiger partial charge on any atom is -0.0767 e. The molecule has 0 bridgehead atoms. The lowest BCUT2D eigenvalue weighted by Gasteiger charge is -2.07. The van der Waals surface area contributed by atoms with Gasteiger partial charge in [0.2, 0.25) is 0 Å². The molecule has 1 aromatic carbocycles. The van der Waals surface area contributed by atoms with Crippen LogP contribution in [-0.2, 0) is 0 Å². The average molecular weight is 174 g/mol. The highest BCUT2D eigenvalue weighted by Gasteiger charge is 2.14. The highest BCUT2D eigenvalue weighted by atomic mass is 28.1. The average Bonchev–Trinajstić information content (AvgIpc) is 2.46. The van der Waals surface area contributed by atoms with Crippen LogP contribution >= 0.6 is 0 Å². The molecule has 0 aromatic heterocycles. The van der Waals surface area contributed by atoms with Gasteiger partial charge in [0.05, 0.1) is 0 Å². The first-order valence-electron chi connectivity index (χ1n) is 4.60. The van der Waals surface area contributed by atoms with Crippen LogP contribution in [0.3, 0.4) is 0 Å². The second-order valence-corrected chi connectivity index (χ2v) is 4.32. The maximum absolute atomic E-state index is 2.34. The Bertz CT molecular complexity index is 326. The number of allylic oxidation sites excluding steroid dienone is 1. The van der Waals surface area contributed by atoms with Gasteiger partial charge >= 0.3 is 0 Å². The smallest absolute Gasteiger partial charge is 0.00397 e. The Kier molecular flexibility index (Phi) is 1.89. The maximum atomic E-state index is 2.34. The van der Waals surface area contributed by atoms with E-state index in [0.29, 0.717) is 0 Å². The van der Waals surface area contributed by atoms with Crippen molar-refractivity contribution in [3.63, 3.8) is 0 Å². The van der Waals surface area contributed by atoms with Crippen LogP contribution in [0.2, 0.25) is 6.04 Å². The molecule has 62 valence electrons. The number of hydrogen-bond acceptors (Lipinski definition) is 0. The first kappa shape index (κ1) is 7.81. The SMILES string of the molecule is Cc1ccc2c(c1)C=CC2C[SiH3]. The third-order valence-corrected chi connectivity index (χ3v) is 3.47. The lowest BCUT2D eigenvalue weighted by Crippen LogP contribution is -1.91. The number of fused-ring (bicyclic) bond motifs is 1. The number of hydrogen-bond donors (Lipinski definition) is 0. The summed E-state index contributed by atoms with van der Waals surface area (Å²) in [4.78, 5) is 0. The van der Waals surface area contributed by atoms with Gasteiger partial charge in [-0.25, -0.2) is 0 Å². The van der Waals surface area contributed by atoms with E-state index in [2.05, 4.69) is 37.3 Å². The molecule has 1 heteroatoms. The second-order valence-electron chi connectivity index (χ2n) is 3.51. The van der Waals surface area contributed by atoms with Gasteiger partial charge in [-0.15, -0.1) is 0 Å². The summed E-state index contributed by atoms with van der Waals surface area (Å²) in [7, 11) is 1.30. The Morgan fingerprint density at radius 2 is 2.25 bits per heavy atom. The largest absolute Gasteiger partial charge is 0.0767 e. The standard InChI is InChI=1S/C11H14Si/c1-8-2-5-11-9(6-8)3-4-10(11)7-12/h2-6,10H,7H2,1,12H3. The number of benzene rings is 1. The fourth-order valence-corrected chi connectivity index (χ4v) is 2.57. The van der Waals surface area contributed by atoms with Gasteiger partial charge in [-0.05, 0) is 24.0 Å². The molecule has 1 aliphatic carbocycles. The van der Waals surface area contributed by atoms with E-state index < -0.39 is 0 Å². The van der Waals surface area contributed by atoms with Crippen molar-refractivity contribution in [1.29, 1.82) is 0 Å². The van der Waals surface area contributed by atoms with Crippen LogP contribution in [0.15, 0.2) is 24.3 Å². The van der Waals surface area contributed by atoms with Crippen LogP contribution in [-0.4, -0.2) is 10.2 Å². The van der Waals surface area contributed by atoms with E-state index in [0.717, 1.165) is 5.92 Å². The van der Waals surface area contributed by atoms with E-state index in [1.807, 2.05) is 0 Å². The van der Waals surface area contributed by atoms with Gasteiger partial charge in [-0.2, -0.15) is 0 Å². The highest BCUT2D eigenvalue weighted by Crippen LogP contribution is 2.32. The topological polar surface area (TPSA) is 0 Å². The Hall–Kier alpha value is -0.823. The summed E-state index contributed by atoms with van der Waals surface area (Å²) < 4.78 is 0. The minimum absolute atomic E-state index is 0.729. The molecule has 2 rings (SSSR count). The molecule has 1 unspecified atom stereocenters. The molecule has 1 atom stereocenters. The number of aryl methyl sites for hydroxylation is 1. The summed E-state index contributed by atoms with van der Waals surface area (Å²) in [6.07, 6.45) is 4.61. The van der Waals surface area contributed by atoms with Gasteiger partial charge < -0.3 is 0 Å². The van der Waals surface area contributed by atoms with Gasteiger partial charge in [0.15, 0.2) is 0 Å². The predicted molar refractivity (Wildman–Crippen MR) is 57.7 cm³/mol. The Labute approximate surface area is 76.7 Å². The van der Waals surface area contributed by atoms with Crippen LogP contribution in [0, 0.1) is 6.92 Å². The lowest BCUT2D eigenvalue weighted by atomic mass is 10.0. The maximum Gasteiger partial charge on any atom is 0.00397 e. The van der Waals surface area contributed by atoms with Gasteiger partial charge in [0.1, 0.15) is 0 Å². The van der Waals surface area contributed by atoms with Crippen LogP contribution in [0.25, 0.3) is 6.08 Å². The van der Waals surface area contributed by atoms with Crippen molar-refractivity contribution in [1.82, 2.24) is 0 Å². The normalized spacial score (nSPS) is 19.9. The van der Waals surface area contributed by atoms with Crippen molar-refractivity contribution in [3.8, 4) is 0 Å². The molecule has 1 aliphatic rings. The highest BCUT2D eigenvalue weighted by molar-refractivity contribution is 6.09. The summed E-state index contributed by atoms with van der Waals surface area (Å²) in [5.41, 5.74) is 4.35. The second kappa shape index (κ2) is 2.90. The molecule has 0 heterocycles. The van der Waals surface area contributed by atoms with Crippen molar-refractivity contribution in [2.75, 3.05) is 0 Å². The molecule has 0 amide bonds. The molecule has 0 fully saturated rings. The molecule has 12 heavy (non-hydrogen) atoms. The first-order chi connectivity index (χ1) is 5.81. The molecule has 0 aliphatic heterocycles. The molecular weight excluding hydrogens is 160 g/mol. The molecule has 0 saturated carbocycles. The van der Waals surface area contributed by atoms with E-state index in [-0.39, 0.29) is 0 Å². The van der Waals surface area contributed by atoms with Crippen LogP contribution in [0.5, 0.6) is 0 Å². The Morgan fingerprint density at radius 1 is 1.42 bits per heavy atom. The zero-order chi connectivity index (χ0) is 8.55. The Morgan fingerprint density at radius 3 is 3.00 bits per heavy atom. The Balaban J connectivity index is 2.47. The minimum atomic E-state index is 0.729. The van der Waals surface area contributed by atoms with Crippen LogP contribution < -0.4 is 0 Å². The molecule has 0 radical (unpaired) electrons. The predicted octanol–water partition coefficient (Wildman–Crippen LogP) is 1.89. The van der Waals surface area contributed by atoms with E-state index in [4.69, 9.17) is 0 Å². The summed E-state index contributed by atoms with van der Waals surface area (Å²) >= 11 is 0. The van der Waals surface area contributed by atoms with Crippen molar-refractivity contribution >= 4 is 16.3 Å². The monoisotopic (exact) mass is 174 g/mol. The van der Waals surface area contributed by atoms with Crippen molar-refractivity contribution in [2.45, 2.75) is 18.9 Å². The third kappa shape index (κ3) is 1.14. The molecule has 1 aromatic rings. The fourth-order valence-electron chi connectivity index (χ4n) is 1.86. The van der Waals surface area contributed by atoms with Crippen LogP contribution in [0.4, 0.5) is 0 Å². The van der Waals surface area contributed by atoms with E-state index in [1.54, 1.807) is 0 Å². The van der Waals surface area contributed by atoms with Gasteiger partial charge in [0.25, 0.3) is 0 Å². The van der Waals surface area contributed by atoms with Crippen molar-refractivity contribution in [2.24, 2.45) is 0 Å². The molecule has 0 saturated heterocycles. The van der Waals surface area contributed by atoms with E-state index >= 15 is 0 Å².